The van der Waals surface area contributed by atoms with Gasteiger partial charge in [0, 0.05) is 34.5 Å². The van der Waals surface area contributed by atoms with E-state index in [1.807, 2.05) is 12.2 Å². The fourth-order valence-electron chi connectivity index (χ4n) is 8.07. The van der Waals surface area contributed by atoms with Crippen molar-refractivity contribution in [3.63, 3.8) is 0 Å². The van der Waals surface area contributed by atoms with Crippen molar-refractivity contribution < 1.29 is 28.6 Å². The summed E-state index contributed by atoms with van der Waals surface area (Å²) in [6.45, 7) is 8.13. The lowest BCUT2D eigenvalue weighted by molar-refractivity contribution is -0.153. The Morgan fingerprint density at radius 2 is 1.52 bits per heavy atom. The number of carbonyl (C=O) groups is 3. The molecule has 0 unspecified atom stereocenters. The van der Waals surface area contributed by atoms with Gasteiger partial charge in [0.1, 0.15) is 18.5 Å². The van der Waals surface area contributed by atoms with Crippen molar-refractivity contribution in [2.45, 2.75) is 90.2 Å². The summed E-state index contributed by atoms with van der Waals surface area (Å²) in [5, 5.41) is 1.16. The smallest absolute Gasteiger partial charge is 0.310 e. The molecule has 0 bridgehead atoms. The maximum absolute atomic E-state index is 13.8. The number of ether oxygens (including phenoxy) is 3. The summed E-state index contributed by atoms with van der Waals surface area (Å²) < 4.78 is 20.8. The average Bonchev–Trinajstić information content (AvgIpc) is 3.96. The summed E-state index contributed by atoms with van der Waals surface area (Å²) in [6, 6.07) is 11.4. The summed E-state index contributed by atoms with van der Waals surface area (Å²) >= 11 is 6.10. The Morgan fingerprint density at radius 1 is 0.896 bits per heavy atom. The maximum atomic E-state index is 13.8. The standard InChI is InChI=1S/C53H59ClN6O7/c1-5-6-7-8-9-10-11-12-13-14-15-16-17-18-19-20-21-22-23-24-47(61)67-46-33-45(59-35-56-49-50(59)57-53(55)58-51(49)63)36(2)43(46)34-66-48(62)32-41-37(3)60(44-30-29-40(65-4)31-42(41)44)52(64)38-25-27-39(54)28-26-38/h6-7,9-10,12-13,15-16,18-19,21-22,25-31,35,43,45-46H,2,5,8,11,14,17,20,23-24,32-34H2,1,3-4H3,(H3,55,57,58,63)/b7-6-,10-9-,13-12-,16-15-,19-18-,22-21-/t43-,45-,46-/m0/s1. The molecule has 3 aromatic heterocycles. The molecular formula is C53H59ClN6O7. The van der Waals surface area contributed by atoms with Gasteiger partial charge in [-0.25, -0.2) is 4.98 Å². The van der Waals surface area contributed by atoms with Crippen molar-refractivity contribution in [3.8, 4) is 5.75 Å². The summed E-state index contributed by atoms with van der Waals surface area (Å²) in [4.78, 5) is 64.7. The van der Waals surface area contributed by atoms with Crippen LogP contribution in [0.15, 0.2) is 139 Å². The number of halogens is 1. The van der Waals surface area contributed by atoms with E-state index in [-0.39, 0.29) is 48.9 Å². The monoisotopic (exact) mass is 926 g/mol. The van der Waals surface area contributed by atoms with Gasteiger partial charge in [0.2, 0.25) is 5.95 Å². The first-order chi connectivity index (χ1) is 32.5. The Hall–Kier alpha value is -6.99. The van der Waals surface area contributed by atoms with Crippen LogP contribution in [-0.4, -0.2) is 61.8 Å². The molecule has 350 valence electrons. The predicted octanol–water partition coefficient (Wildman–Crippen LogP) is 10.6. The third-order valence-electron chi connectivity index (χ3n) is 11.6. The van der Waals surface area contributed by atoms with E-state index in [1.165, 1.54) is 6.33 Å². The molecule has 3 N–H and O–H groups in total. The fourth-order valence-corrected chi connectivity index (χ4v) is 8.20. The number of nitrogens with two attached hydrogens (primary N) is 1. The first-order valence-corrected chi connectivity index (χ1v) is 23.0. The summed E-state index contributed by atoms with van der Waals surface area (Å²) in [6.07, 6.45) is 32.6. The molecule has 1 aliphatic carbocycles. The highest BCUT2D eigenvalue weighted by Gasteiger charge is 2.42. The lowest BCUT2D eigenvalue weighted by Gasteiger charge is -2.20. The Bertz CT molecular complexity index is 2790. The van der Waals surface area contributed by atoms with E-state index in [1.54, 1.807) is 65.6 Å². The van der Waals surface area contributed by atoms with Crippen LogP contribution in [0.3, 0.4) is 0 Å². The number of rotatable bonds is 22. The van der Waals surface area contributed by atoms with Crippen LogP contribution >= 0.6 is 11.6 Å². The number of esters is 2. The molecule has 13 nitrogen and oxygen atoms in total. The molecule has 2 aromatic carbocycles. The Morgan fingerprint density at radius 3 is 2.15 bits per heavy atom. The molecule has 0 radical (unpaired) electrons. The van der Waals surface area contributed by atoms with E-state index in [0.717, 1.165) is 38.5 Å². The second-order valence-electron chi connectivity index (χ2n) is 16.1. The number of fused-ring (bicyclic) bond motifs is 2. The minimum Gasteiger partial charge on any atom is -0.497 e. The van der Waals surface area contributed by atoms with Gasteiger partial charge in [0.15, 0.2) is 11.2 Å². The Balaban J connectivity index is 1.07. The van der Waals surface area contributed by atoms with Crippen molar-refractivity contribution in [1.82, 2.24) is 24.1 Å². The van der Waals surface area contributed by atoms with Gasteiger partial charge in [-0.2, -0.15) is 4.98 Å². The number of nitrogens with one attached hydrogen (secondary N) is 1. The van der Waals surface area contributed by atoms with Crippen LogP contribution < -0.4 is 16.0 Å². The van der Waals surface area contributed by atoms with Crippen molar-refractivity contribution in [3.05, 3.63) is 166 Å². The molecule has 0 aliphatic heterocycles. The first-order valence-electron chi connectivity index (χ1n) is 22.6. The molecule has 0 spiro atoms. The Labute approximate surface area is 396 Å². The molecule has 6 rings (SSSR count). The van der Waals surface area contributed by atoms with Crippen molar-refractivity contribution in [1.29, 1.82) is 0 Å². The largest absolute Gasteiger partial charge is 0.497 e. The highest BCUT2D eigenvalue weighted by molar-refractivity contribution is 6.30. The topological polar surface area (TPSA) is 173 Å². The molecular weight excluding hydrogens is 868 g/mol. The van der Waals surface area contributed by atoms with E-state index in [9.17, 15) is 19.2 Å². The lowest BCUT2D eigenvalue weighted by atomic mass is 10.0. The number of nitrogen functional groups attached to an aromatic ring is 1. The minimum absolute atomic E-state index is 0.0742. The molecule has 14 heteroatoms. The molecule has 0 saturated heterocycles. The van der Waals surface area contributed by atoms with Gasteiger partial charge in [-0.05, 0) is 105 Å². The molecule has 1 fully saturated rings. The zero-order chi connectivity index (χ0) is 47.7. The molecule has 1 saturated carbocycles. The van der Waals surface area contributed by atoms with E-state index in [0.29, 0.717) is 50.5 Å². The van der Waals surface area contributed by atoms with Crippen molar-refractivity contribution in [2.24, 2.45) is 5.92 Å². The van der Waals surface area contributed by atoms with Crippen LogP contribution in [0, 0.1) is 12.8 Å². The maximum Gasteiger partial charge on any atom is 0.310 e. The average molecular weight is 928 g/mol. The number of nitrogens with zero attached hydrogens (tertiary/aromatic N) is 4. The summed E-state index contributed by atoms with van der Waals surface area (Å²) in [5.41, 5.74) is 8.56. The number of hydrogen-bond donors (Lipinski definition) is 2. The number of H-pyrrole nitrogens is 1. The van der Waals surface area contributed by atoms with Gasteiger partial charge >= 0.3 is 11.9 Å². The number of aromatic amines is 1. The van der Waals surface area contributed by atoms with Gasteiger partial charge in [-0.3, -0.25) is 28.7 Å². The number of anilines is 1. The SMILES string of the molecule is C=C1[C@H](COC(=O)Cc2c(C)n(C(=O)c3ccc(Cl)cc3)c3ccc(OC)cc23)[C@@H](OC(=O)CC/C=C\C/C=C\C/C=C\C/C=C\C/C=C\C/C=C\CC)C[C@@H]1n1cnc2c(=O)[nH]c(N)nc21. The number of hydrogen-bond acceptors (Lipinski definition) is 10. The van der Waals surface area contributed by atoms with Crippen LogP contribution in [-0.2, 0) is 25.5 Å². The van der Waals surface area contributed by atoms with Crippen LogP contribution in [0.5, 0.6) is 5.75 Å². The van der Waals surface area contributed by atoms with Crippen LogP contribution in [0.4, 0.5) is 5.95 Å². The second kappa shape index (κ2) is 24.5. The van der Waals surface area contributed by atoms with Gasteiger partial charge in [-0.1, -0.05) is 98.0 Å². The normalized spacial score (nSPS) is 16.7. The van der Waals surface area contributed by atoms with Gasteiger partial charge in [0.05, 0.1) is 37.3 Å². The molecule has 1 aliphatic rings. The summed E-state index contributed by atoms with van der Waals surface area (Å²) in [5.74, 6) is -1.37. The van der Waals surface area contributed by atoms with Crippen LogP contribution in [0.2, 0.25) is 5.02 Å². The number of allylic oxidation sites excluding steroid dienone is 12. The van der Waals surface area contributed by atoms with E-state index >= 15 is 0 Å². The lowest BCUT2D eigenvalue weighted by Crippen LogP contribution is -2.27. The van der Waals surface area contributed by atoms with E-state index in [4.69, 9.17) is 31.5 Å². The highest BCUT2D eigenvalue weighted by Crippen LogP contribution is 2.42. The second-order valence-corrected chi connectivity index (χ2v) is 16.6. The van der Waals surface area contributed by atoms with Crippen LogP contribution in [0.25, 0.3) is 22.1 Å². The minimum atomic E-state index is -0.718. The van der Waals surface area contributed by atoms with E-state index in [2.05, 4.69) is 89.2 Å². The molecule has 3 heterocycles. The first kappa shape index (κ1) is 49.4. The number of imidazole rings is 1. The van der Waals surface area contributed by atoms with Crippen molar-refractivity contribution >= 4 is 57.5 Å². The molecule has 5 aromatic rings. The van der Waals surface area contributed by atoms with Crippen molar-refractivity contribution in [2.75, 3.05) is 19.5 Å². The zero-order valence-electron chi connectivity index (χ0n) is 38.4. The van der Waals surface area contributed by atoms with Gasteiger partial charge < -0.3 is 24.5 Å². The molecule has 3 atom stereocenters. The number of methoxy groups -OCH3 is 1. The summed E-state index contributed by atoms with van der Waals surface area (Å²) in [7, 11) is 1.55. The van der Waals surface area contributed by atoms with Gasteiger partial charge in [-0.15, -0.1) is 0 Å². The third-order valence-corrected chi connectivity index (χ3v) is 11.8. The van der Waals surface area contributed by atoms with E-state index < -0.39 is 35.6 Å². The Kier molecular flexibility index (Phi) is 18.1. The molecule has 0 amide bonds. The number of aromatic nitrogens is 5. The quantitative estimate of drug-likeness (QED) is 0.0502. The third kappa shape index (κ3) is 13.1. The molecule has 67 heavy (non-hydrogen) atoms. The zero-order valence-corrected chi connectivity index (χ0v) is 39.1. The van der Waals surface area contributed by atoms with Crippen LogP contribution in [0.1, 0.15) is 92.4 Å². The fraction of sp³-hybridized carbons (Fsp3) is 0.321. The predicted molar refractivity (Wildman–Crippen MR) is 265 cm³/mol. The number of benzene rings is 2. The number of carbonyl (C=O) groups excluding carboxylic acids is 3. The van der Waals surface area contributed by atoms with Gasteiger partial charge in [0.25, 0.3) is 11.5 Å². The highest BCUT2D eigenvalue weighted by atomic mass is 35.5.